The van der Waals surface area contributed by atoms with E-state index in [1.165, 1.54) is 0 Å². The number of sulfonamides is 1. The van der Waals surface area contributed by atoms with Gasteiger partial charge in [0.2, 0.25) is 10.0 Å². The molecule has 2 aromatic rings. The lowest BCUT2D eigenvalue weighted by atomic mass is 10.1. The fourth-order valence-corrected chi connectivity index (χ4v) is 6.23. The van der Waals surface area contributed by atoms with Crippen LogP contribution in [-0.2, 0) is 10.0 Å². The summed E-state index contributed by atoms with van der Waals surface area (Å²) >= 11 is 6.10. The van der Waals surface area contributed by atoms with E-state index in [1.807, 2.05) is 24.3 Å². The lowest BCUT2D eigenvalue weighted by Gasteiger charge is -2.36. The molecule has 2 saturated heterocycles. The molecule has 0 aliphatic carbocycles. The van der Waals surface area contributed by atoms with Gasteiger partial charge in [0.15, 0.2) is 0 Å². The van der Waals surface area contributed by atoms with Crippen LogP contribution in [0.2, 0.25) is 5.02 Å². The first kappa shape index (κ1) is 22.1. The van der Waals surface area contributed by atoms with Crippen molar-refractivity contribution in [1.29, 1.82) is 0 Å². The predicted octanol–water partition coefficient (Wildman–Crippen LogP) is 3.79. The maximum Gasteiger partial charge on any atom is 0.254 e. The summed E-state index contributed by atoms with van der Waals surface area (Å²) in [4.78, 5) is 17.4. The molecule has 1 amide bonds. The van der Waals surface area contributed by atoms with Crippen molar-refractivity contribution in [2.24, 2.45) is 0 Å². The van der Waals surface area contributed by atoms with Gasteiger partial charge in [0.1, 0.15) is 0 Å². The van der Waals surface area contributed by atoms with Crippen LogP contribution in [0.3, 0.4) is 0 Å². The molecule has 2 aliphatic heterocycles. The summed E-state index contributed by atoms with van der Waals surface area (Å²) in [7, 11) is -3.59. The van der Waals surface area contributed by atoms with Gasteiger partial charge in [-0.15, -0.1) is 0 Å². The molecule has 8 heteroatoms. The normalized spacial score (nSPS) is 18.3. The van der Waals surface area contributed by atoms with Crippen LogP contribution in [-0.4, -0.2) is 62.8 Å². The Balaban J connectivity index is 1.49. The number of piperidine rings is 1. The number of carbonyl (C=O) groups is 1. The maximum absolute atomic E-state index is 13.2. The highest BCUT2D eigenvalue weighted by atomic mass is 35.5. The first-order chi connectivity index (χ1) is 14.9. The van der Waals surface area contributed by atoms with E-state index in [-0.39, 0.29) is 10.8 Å². The third-order valence-corrected chi connectivity index (χ3v) is 8.38. The Morgan fingerprint density at radius 2 is 1.61 bits per heavy atom. The third-order valence-electron chi connectivity index (χ3n) is 6.11. The second kappa shape index (κ2) is 9.18. The van der Waals surface area contributed by atoms with Crippen LogP contribution in [0.5, 0.6) is 0 Å². The van der Waals surface area contributed by atoms with E-state index in [9.17, 15) is 13.2 Å². The summed E-state index contributed by atoms with van der Waals surface area (Å²) in [5, 5.41) is 0.693. The molecule has 0 N–H and O–H groups in total. The first-order valence-electron chi connectivity index (χ1n) is 10.8. The number of rotatable bonds is 4. The van der Waals surface area contributed by atoms with Crippen molar-refractivity contribution < 1.29 is 13.2 Å². The van der Waals surface area contributed by atoms with Gasteiger partial charge in [0.05, 0.1) is 4.90 Å². The van der Waals surface area contributed by atoms with E-state index < -0.39 is 10.0 Å². The number of benzene rings is 2. The summed E-state index contributed by atoms with van der Waals surface area (Å²) in [5.41, 5.74) is 2.15. The van der Waals surface area contributed by atoms with E-state index >= 15 is 0 Å². The van der Waals surface area contributed by atoms with Crippen LogP contribution < -0.4 is 4.90 Å². The predicted molar refractivity (Wildman–Crippen MR) is 123 cm³/mol. The number of carbonyl (C=O) groups excluding carboxylic acids is 1. The lowest BCUT2D eigenvalue weighted by Crippen LogP contribution is -2.48. The molecule has 6 nitrogen and oxygen atoms in total. The molecule has 166 valence electrons. The van der Waals surface area contributed by atoms with Crippen LogP contribution in [0.25, 0.3) is 0 Å². The molecule has 4 rings (SSSR count). The molecule has 31 heavy (non-hydrogen) atoms. The molecule has 0 atom stereocenters. The molecule has 0 bridgehead atoms. The van der Waals surface area contributed by atoms with Crippen molar-refractivity contribution in [1.82, 2.24) is 9.21 Å². The molecule has 0 saturated carbocycles. The lowest BCUT2D eigenvalue weighted by molar-refractivity contribution is 0.0746. The Bertz CT molecular complexity index is 1060. The van der Waals surface area contributed by atoms with Crippen molar-refractivity contribution in [3.63, 3.8) is 0 Å². The van der Waals surface area contributed by atoms with Gasteiger partial charge < -0.3 is 9.80 Å². The Morgan fingerprint density at radius 3 is 2.29 bits per heavy atom. The number of amides is 1. The van der Waals surface area contributed by atoms with Crippen molar-refractivity contribution >= 4 is 33.2 Å². The molecular weight excluding hydrogens is 434 g/mol. The minimum Gasteiger partial charge on any atom is -0.368 e. The minimum atomic E-state index is -3.59. The van der Waals surface area contributed by atoms with Gasteiger partial charge in [-0.3, -0.25) is 4.79 Å². The van der Waals surface area contributed by atoms with Gasteiger partial charge in [-0.2, -0.15) is 4.31 Å². The fraction of sp³-hybridized carbons (Fsp3) is 0.435. The summed E-state index contributed by atoms with van der Waals surface area (Å²) in [5.74, 6) is -0.124. The average molecular weight is 462 g/mol. The Kier molecular flexibility index (Phi) is 6.55. The minimum absolute atomic E-state index is 0.124. The SMILES string of the molecule is Cc1ccc(C(=O)N2CCN(c3cccc(Cl)c3)CC2)cc1S(=O)(=O)N1CCCCC1. The van der Waals surface area contributed by atoms with Crippen molar-refractivity contribution in [3.8, 4) is 0 Å². The molecule has 0 unspecified atom stereocenters. The van der Waals surface area contributed by atoms with Crippen LogP contribution >= 0.6 is 11.6 Å². The molecule has 2 fully saturated rings. The van der Waals surface area contributed by atoms with Gasteiger partial charge >= 0.3 is 0 Å². The maximum atomic E-state index is 13.2. The quantitative estimate of drug-likeness (QED) is 0.695. The van der Waals surface area contributed by atoms with Crippen molar-refractivity contribution in [2.75, 3.05) is 44.2 Å². The number of aryl methyl sites for hydroxylation is 1. The van der Waals surface area contributed by atoms with E-state index in [4.69, 9.17) is 11.6 Å². The summed E-state index contributed by atoms with van der Waals surface area (Å²) < 4.78 is 27.9. The first-order valence-corrected chi connectivity index (χ1v) is 12.6. The molecule has 0 radical (unpaired) electrons. The van der Waals surface area contributed by atoms with Gasteiger partial charge in [0, 0.05) is 55.5 Å². The molecule has 0 aromatic heterocycles. The number of nitrogens with zero attached hydrogens (tertiary/aromatic N) is 3. The highest BCUT2D eigenvalue weighted by Gasteiger charge is 2.29. The van der Waals surface area contributed by atoms with Gasteiger partial charge in [-0.05, 0) is 55.7 Å². The summed E-state index contributed by atoms with van der Waals surface area (Å²) in [6.07, 6.45) is 2.83. The second-order valence-corrected chi connectivity index (χ2v) is 10.5. The second-order valence-electron chi connectivity index (χ2n) is 8.20. The Labute approximate surface area is 189 Å². The number of piperazine rings is 1. The smallest absolute Gasteiger partial charge is 0.254 e. The zero-order valence-electron chi connectivity index (χ0n) is 17.8. The van der Waals surface area contributed by atoms with Crippen LogP contribution in [0.15, 0.2) is 47.4 Å². The zero-order valence-corrected chi connectivity index (χ0v) is 19.3. The largest absolute Gasteiger partial charge is 0.368 e. The zero-order chi connectivity index (χ0) is 22.0. The summed E-state index contributed by atoms with van der Waals surface area (Å²) in [6.45, 7) is 5.44. The topological polar surface area (TPSA) is 60.9 Å². The monoisotopic (exact) mass is 461 g/mol. The van der Waals surface area contributed by atoms with Gasteiger partial charge in [-0.1, -0.05) is 30.2 Å². The van der Waals surface area contributed by atoms with Crippen LogP contribution in [0.4, 0.5) is 5.69 Å². The van der Waals surface area contributed by atoms with E-state index in [2.05, 4.69) is 4.90 Å². The third kappa shape index (κ3) is 4.73. The van der Waals surface area contributed by atoms with E-state index in [1.54, 1.807) is 34.3 Å². The van der Waals surface area contributed by atoms with Gasteiger partial charge in [0.25, 0.3) is 5.91 Å². The highest BCUT2D eigenvalue weighted by Crippen LogP contribution is 2.26. The fourth-order valence-electron chi connectivity index (χ4n) is 4.28. The molecule has 0 spiro atoms. The number of anilines is 1. The van der Waals surface area contributed by atoms with Crippen LogP contribution in [0, 0.1) is 6.92 Å². The molecule has 2 heterocycles. The molecular formula is C23H28ClN3O3S. The molecule has 2 aliphatic rings. The van der Waals surface area contributed by atoms with Gasteiger partial charge in [-0.25, -0.2) is 8.42 Å². The highest BCUT2D eigenvalue weighted by molar-refractivity contribution is 7.89. The molecule has 2 aromatic carbocycles. The number of hydrogen-bond acceptors (Lipinski definition) is 4. The summed E-state index contributed by atoms with van der Waals surface area (Å²) in [6, 6.07) is 12.7. The van der Waals surface area contributed by atoms with Crippen molar-refractivity contribution in [3.05, 3.63) is 58.6 Å². The standard InChI is InChI=1S/C23H28ClN3O3S/c1-18-8-9-19(16-22(18)31(29,30)27-10-3-2-4-11-27)23(28)26-14-12-25(13-15-26)21-7-5-6-20(24)17-21/h5-9,16-17H,2-4,10-15H2,1H3. The average Bonchev–Trinajstić information content (AvgIpc) is 2.79. The van der Waals surface area contributed by atoms with E-state index in [0.29, 0.717) is 55.4 Å². The van der Waals surface area contributed by atoms with E-state index in [0.717, 1.165) is 24.9 Å². The number of halogens is 1. The van der Waals surface area contributed by atoms with Crippen LogP contribution in [0.1, 0.15) is 35.2 Å². The Morgan fingerprint density at radius 1 is 0.903 bits per heavy atom. The van der Waals surface area contributed by atoms with Crippen molar-refractivity contribution in [2.45, 2.75) is 31.1 Å². The number of hydrogen-bond donors (Lipinski definition) is 0. The Hall–Kier alpha value is -2.09.